The highest BCUT2D eigenvalue weighted by Crippen LogP contribution is 2.25. The lowest BCUT2D eigenvalue weighted by molar-refractivity contribution is -0.111. The molecule has 1 amide bonds. The summed E-state index contributed by atoms with van der Waals surface area (Å²) in [6, 6.07) is 25.3. The van der Waals surface area contributed by atoms with E-state index < -0.39 is 0 Å². The number of amides is 1. The van der Waals surface area contributed by atoms with Crippen molar-refractivity contribution in [2.24, 2.45) is 0 Å². The number of para-hydroxylation sites is 1. The SMILES string of the molecule is COc1ccc(NC(=O)C=Cc2cn(-c3ccccc3)nc2-c2ccc(C)cc2)cc1. The minimum Gasteiger partial charge on any atom is -0.497 e. The van der Waals surface area contributed by atoms with E-state index in [1.165, 1.54) is 11.6 Å². The van der Waals surface area contributed by atoms with Crippen LogP contribution in [-0.2, 0) is 4.79 Å². The first-order chi connectivity index (χ1) is 15.1. The van der Waals surface area contributed by atoms with Crippen molar-refractivity contribution in [3.05, 3.63) is 102 Å². The summed E-state index contributed by atoms with van der Waals surface area (Å²) in [4.78, 5) is 12.5. The Bertz CT molecular complexity index is 1190. The quantitative estimate of drug-likeness (QED) is 0.427. The predicted octanol–water partition coefficient (Wildman–Crippen LogP) is 5.51. The number of methoxy groups -OCH3 is 1. The summed E-state index contributed by atoms with van der Waals surface area (Å²) >= 11 is 0. The lowest BCUT2D eigenvalue weighted by Crippen LogP contribution is -2.07. The maximum atomic E-state index is 12.5. The molecule has 5 heteroatoms. The molecule has 0 saturated heterocycles. The van der Waals surface area contributed by atoms with Crippen molar-refractivity contribution in [3.63, 3.8) is 0 Å². The number of carbonyl (C=O) groups is 1. The summed E-state index contributed by atoms with van der Waals surface area (Å²) < 4.78 is 6.97. The van der Waals surface area contributed by atoms with Crippen LogP contribution < -0.4 is 10.1 Å². The molecule has 0 bridgehead atoms. The summed E-state index contributed by atoms with van der Waals surface area (Å²) in [5.41, 5.74) is 5.51. The maximum Gasteiger partial charge on any atom is 0.248 e. The van der Waals surface area contributed by atoms with Gasteiger partial charge in [0.2, 0.25) is 5.91 Å². The topological polar surface area (TPSA) is 56.1 Å². The van der Waals surface area contributed by atoms with Crippen molar-refractivity contribution in [2.75, 3.05) is 12.4 Å². The number of nitrogens with zero attached hydrogens (tertiary/aromatic N) is 2. The van der Waals surface area contributed by atoms with E-state index in [4.69, 9.17) is 9.84 Å². The zero-order valence-electron chi connectivity index (χ0n) is 17.4. The Kier molecular flexibility index (Phi) is 5.94. The second-order valence-electron chi connectivity index (χ2n) is 7.13. The smallest absolute Gasteiger partial charge is 0.248 e. The van der Waals surface area contributed by atoms with E-state index in [1.54, 1.807) is 37.5 Å². The highest BCUT2D eigenvalue weighted by Gasteiger charge is 2.11. The second kappa shape index (κ2) is 9.13. The van der Waals surface area contributed by atoms with Gasteiger partial charge in [-0.2, -0.15) is 5.10 Å². The summed E-state index contributed by atoms with van der Waals surface area (Å²) in [6.45, 7) is 2.05. The van der Waals surface area contributed by atoms with Crippen molar-refractivity contribution in [3.8, 4) is 22.7 Å². The minimum atomic E-state index is -0.215. The number of benzene rings is 3. The summed E-state index contributed by atoms with van der Waals surface area (Å²) in [6.07, 6.45) is 5.25. The van der Waals surface area contributed by atoms with Gasteiger partial charge in [0.05, 0.1) is 18.5 Å². The van der Waals surface area contributed by atoms with Gasteiger partial charge < -0.3 is 10.1 Å². The molecule has 0 saturated carbocycles. The second-order valence-corrected chi connectivity index (χ2v) is 7.13. The van der Waals surface area contributed by atoms with Crippen LogP contribution in [0.1, 0.15) is 11.1 Å². The Morgan fingerprint density at radius 3 is 2.35 bits per heavy atom. The van der Waals surface area contributed by atoms with Crippen LogP contribution in [0.5, 0.6) is 5.75 Å². The van der Waals surface area contributed by atoms with Crippen LogP contribution in [0.25, 0.3) is 23.0 Å². The number of nitrogens with one attached hydrogen (secondary N) is 1. The zero-order chi connectivity index (χ0) is 21.6. The largest absolute Gasteiger partial charge is 0.497 e. The third-order valence-electron chi connectivity index (χ3n) is 4.86. The fourth-order valence-corrected chi connectivity index (χ4v) is 3.18. The highest BCUT2D eigenvalue weighted by molar-refractivity contribution is 6.02. The van der Waals surface area contributed by atoms with Crippen molar-refractivity contribution in [1.82, 2.24) is 9.78 Å². The molecule has 4 aromatic rings. The molecule has 0 aliphatic carbocycles. The summed E-state index contributed by atoms with van der Waals surface area (Å²) in [7, 11) is 1.61. The lowest BCUT2D eigenvalue weighted by Gasteiger charge is -2.04. The van der Waals surface area contributed by atoms with Gasteiger partial charge >= 0.3 is 0 Å². The number of hydrogen-bond acceptors (Lipinski definition) is 3. The summed E-state index contributed by atoms with van der Waals surface area (Å²) in [5.74, 6) is 0.525. The van der Waals surface area contributed by atoms with Gasteiger partial charge in [0.15, 0.2) is 0 Å². The molecule has 3 aromatic carbocycles. The van der Waals surface area contributed by atoms with Crippen LogP contribution in [0, 0.1) is 6.92 Å². The van der Waals surface area contributed by atoms with E-state index >= 15 is 0 Å². The van der Waals surface area contributed by atoms with E-state index in [1.807, 2.05) is 53.3 Å². The van der Waals surface area contributed by atoms with Gasteiger partial charge in [0.25, 0.3) is 0 Å². The van der Waals surface area contributed by atoms with E-state index in [0.717, 1.165) is 28.3 Å². The van der Waals surface area contributed by atoms with E-state index in [2.05, 4.69) is 24.4 Å². The van der Waals surface area contributed by atoms with E-state index in [0.29, 0.717) is 5.69 Å². The normalized spacial score (nSPS) is 10.9. The molecule has 0 fully saturated rings. The average Bonchev–Trinajstić information content (AvgIpc) is 3.24. The Hall–Kier alpha value is -4.12. The van der Waals surface area contributed by atoms with Gasteiger partial charge in [-0.25, -0.2) is 4.68 Å². The van der Waals surface area contributed by atoms with Crippen molar-refractivity contribution >= 4 is 17.7 Å². The average molecular weight is 409 g/mol. The Morgan fingerprint density at radius 2 is 1.68 bits per heavy atom. The molecule has 0 spiro atoms. The zero-order valence-corrected chi connectivity index (χ0v) is 17.4. The Morgan fingerprint density at radius 1 is 0.968 bits per heavy atom. The third kappa shape index (κ3) is 4.90. The molecular formula is C26H23N3O2. The first kappa shape index (κ1) is 20.2. The molecular weight excluding hydrogens is 386 g/mol. The molecule has 1 aromatic heterocycles. The van der Waals surface area contributed by atoms with Crippen LogP contribution >= 0.6 is 0 Å². The number of hydrogen-bond donors (Lipinski definition) is 1. The van der Waals surface area contributed by atoms with Crippen LogP contribution in [0.15, 0.2) is 91.1 Å². The molecule has 31 heavy (non-hydrogen) atoms. The fraction of sp³-hybridized carbons (Fsp3) is 0.0769. The Balaban J connectivity index is 1.61. The highest BCUT2D eigenvalue weighted by atomic mass is 16.5. The monoisotopic (exact) mass is 409 g/mol. The molecule has 0 radical (unpaired) electrons. The number of carbonyl (C=O) groups excluding carboxylic acids is 1. The molecule has 0 aliphatic heterocycles. The van der Waals surface area contributed by atoms with Gasteiger partial charge in [0.1, 0.15) is 5.75 Å². The number of aryl methyl sites for hydroxylation is 1. The minimum absolute atomic E-state index is 0.215. The van der Waals surface area contributed by atoms with Gasteiger partial charge in [-0.05, 0) is 49.4 Å². The standard InChI is InChI=1S/C26H23N3O2/c1-19-8-10-20(11-9-19)26-21(18-29(28-26)23-6-4-3-5-7-23)12-17-25(30)27-22-13-15-24(31-2)16-14-22/h3-18H,1-2H3,(H,27,30). The van der Waals surface area contributed by atoms with Crippen LogP contribution in [0.2, 0.25) is 0 Å². The van der Waals surface area contributed by atoms with E-state index in [-0.39, 0.29) is 5.91 Å². The molecule has 4 rings (SSSR count). The third-order valence-corrected chi connectivity index (χ3v) is 4.86. The number of ether oxygens (including phenoxy) is 1. The molecule has 5 nitrogen and oxygen atoms in total. The van der Waals surface area contributed by atoms with Crippen molar-refractivity contribution in [2.45, 2.75) is 6.92 Å². The first-order valence-corrected chi connectivity index (χ1v) is 9.97. The van der Waals surface area contributed by atoms with Crippen LogP contribution in [0.3, 0.4) is 0 Å². The molecule has 0 aliphatic rings. The van der Waals surface area contributed by atoms with Crippen molar-refractivity contribution in [1.29, 1.82) is 0 Å². The molecule has 0 atom stereocenters. The maximum absolute atomic E-state index is 12.5. The Labute approximate surface area is 181 Å². The van der Waals surface area contributed by atoms with Gasteiger partial charge in [0, 0.05) is 29.1 Å². The van der Waals surface area contributed by atoms with Crippen LogP contribution in [0.4, 0.5) is 5.69 Å². The number of rotatable bonds is 6. The number of aromatic nitrogens is 2. The van der Waals surface area contributed by atoms with E-state index in [9.17, 15) is 4.79 Å². The fourth-order valence-electron chi connectivity index (χ4n) is 3.18. The first-order valence-electron chi connectivity index (χ1n) is 9.97. The molecule has 154 valence electrons. The number of anilines is 1. The van der Waals surface area contributed by atoms with Gasteiger partial charge in [-0.15, -0.1) is 0 Å². The van der Waals surface area contributed by atoms with Gasteiger partial charge in [-0.1, -0.05) is 48.0 Å². The van der Waals surface area contributed by atoms with Crippen molar-refractivity contribution < 1.29 is 9.53 Å². The summed E-state index contributed by atoms with van der Waals surface area (Å²) in [5, 5.41) is 7.64. The predicted molar refractivity (Wildman–Crippen MR) is 124 cm³/mol. The van der Waals surface area contributed by atoms with Crippen LogP contribution in [-0.4, -0.2) is 22.8 Å². The molecule has 0 unspecified atom stereocenters. The lowest BCUT2D eigenvalue weighted by atomic mass is 10.1. The van der Waals surface area contributed by atoms with Gasteiger partial charge in [-0.3, -0.25) is 4.79 Å². The molecule has 1 heterocycles. The molecule has 1 N–H and O–H groups in total.